The fraction of sp³-hybridized carbons (Fsp3) is 0.571. The fourth-order valence-electron chi connectivity index (χ4n) is 2.58. The van der Waals surface area contributed by atoms with Gasteiger partial charge in [0.05, 0.1) is 17.8 Å². The van der Waals surface area contributed by atoms with Crippen LogP contribution in [0.2, 0.25) is 0 Å². The van der Waals surface area contributed by atoms with Gasteiger partial charge in [0, 0.05) is 19.2 Å². The van der Waals surface area contributed by atoms with E-state index in [-0.39, 0.29) is 18.1 Å². The third-order valence-electron chi connectivity index (χ3n) is 3.26. The van der Waals surface area contributed by atoms with Crippen molar-refractivity contribution in [3.63, 3.8) is 0 Å². The van der Waals surface area contributed by atoms with E-state index in [4.69, 9.17) is 9.15 Å². The number of carbonyl (C=O) groups excluding carboxylic acids is 1. The molecule has 104 valence electrons. The first-order chi connectivity index (χ1) is 8.88. The van der Waals surface area contributed by atoms with E-state index in [1.807, 2.05) is 13.8 Å². The van der Waals surface area contributed by atoms with Gasteiger partial charge in [0.15, 0.2) is 0 Å². The monoisotopic (exact) mass is 265 g/mol. The van der Waals surface area contributed by atoms with E-state index in [0.29, 0.717) is 30.0 Å². The molecular formula is C14H19NO4. The zero-order valence-corrected chi connectivity index (χ0v) is 11.7. The van der Waals surface area contributed by atoms with Crippen LogP contribution in [0.5, 0.6) is 0 Å². The smallest absolute Gasteiger partial charge is 0.336 e. The predicted octanol–water partition coefficient (Wildman–Crippen LogP) is 1.51. The van der Waals surface area contributed by atoms with Crippen LogP contribution in [-0.4, -0.2) is 36.1 Å². The summed E-state index contributed by atoms with van der Waals surface area (Å²) in [7, 11) is 0. The van der Waals surface area contributed by atoms with Gasteiger partial charge in [0.25, 0.3) is 5.91 Å². The van der Waals surface area contributed by atoms with Gasteiger partial charge in [-0.15, -0.1) is 0 Å². The van der Waals surface area contributed by atoms with Gasteiger partial charge < -0.3 is 14.1 Å². The number of amides is 1. The fourth-order valence-corrected chi connectivity index (χ4v) is 2.58. The number of morpholine rings is 1. The molecule has 1 aliphatic rings. The van der Waals surface area contributed by atoms with Gasteiger partial charge in [0.1, 0.15) is 5.76 Å². The molecule has 0 bridgehead atoms. The van der Waals surface area contributed by atoms with Crippen molar-refractivity contribution in [3.05, 3.63) is 33.4 Å². The highest BCUT2D eigenvalue weighted by Gasteiger charge is 2.28. The average Bonchev–Trinajstić information content (AvgIpc) is 2.25. The molecule has 2 atom stereocenters. The summed E-state index contributed by atoms with van der Waals surface area (Å²) in [4.78, 5) is 25.6. The van der Waals surface area contributed by atoms with Crippen LogP contribution < -0.4 is 5.63 Å². The summed E-state index contributed by atoms with van der Waals surface area (Å²) in [6, 6.07) is 1.35. The third-order valence-corrected chi connectivity index (χ3v) is 3.26. The van der Waals surface area contributed by atoms with Crippen molar-refractivity contribution in [3.8, 4) is 0 Å². The molecule has 0 spiro atoms. The maximum absolute atomic E-state index is 12.6. The topological polar surface area (TPSA) is 59.8 Å². The molecule has 1 saturated heterocycles. The molecule has 0 saturated carbocycles. The zero-order valence-electron chi connectivity index (χ0n) is 11.7. The maximum Gasteiger partial charge on any atom is 0.336 e. The standard InChI is InChI=1S/C14H19NO4/c1-8-5-12(16)19-11(4)13(8)14(17)15-6-9(2)18-10(3)7-15/h5,9-10H,6-7H2,1-4H3/t9-,10+. The van der Waals surface area contributed by atoms with E-state index in [2.05, 4.69) is 0 Å². The van der Waals surface area contributed by atoms with Gasteiger partial charge in [-0.05, 0) is 33.3 Å². The zero-order chi connectivity index (χ0) is 14.2. The van der Waals surface area contributed by atoms with Gasteiger partial charge in [-0.25, -0.2) is 4.79 Å². The van der Waals surface area contributed by atoms with Gasteiger partial charge in [-0.2, -0.15) is 0 Å². The van der Waals surface area contributed by atoms with Crippen molar-refractivity contribution in [2.75, 3.05) is 13.1 Å². The van der Waals surface area contributed by atoms with Crippen molar-refractivity contribution >= 4 is 5.91 Å². The van der Waals surface area contributed by atoms with Crippen LogP contribution in [0.1, 0.15) is 35.5 Å². The Morgan fingerprint density at radius 3 is 2.37 bits per heavy atom. The van der Waals surface area contributed by atoms with Gasteiger partial charge in [-0.3, -0.25) is 4.79 Å². The lowest BCUT2D eigenvalue weighted by Gasteiger charge is -2.35. The number of rotatable bonds is 1. The Morgan fingerprint density at radius 2 is 1.84 bits per heavy atom. The molecule has 0 N–H and O–H groups in total. The molecule has 0 aromatic carbocycles. The number of ether oxygens (including phenoxy) is 1. The summed E-state index contributed by atoms with van der Waals surface area (Å²) < 4.78 is 10.6. The number of nitrogens with zero attached hydrogens (tertiary/aromatic N) is 1. The Bertz CT molecular complexity index is 513. The second-order valence-corrected chi connectivity index (χ2v) is 5.15. The minimum atomic E-state index is -0.421. The van der Waals surface area contributed by atoms with E-state index < -0.39 is 5.63 Å². The predicted molar refractivity (Wildman–Crippen MR) is 70.4 cm³/mol. The molecule has 0 radical (unpaired) electrons. The second-order valence-electron chi connectivity index (χ2n) is 5.15. The molecule has 5 heteroatoms. The number of hydrogen-bond acceptors (Lipinski definition) is 4. The molecule has 5 nitrogen and oxygen atoms in total. The highest BCUT2D eigenvalue weighted by molar-refractivity contribution is 5.96. The van der Waals surface area contributed by atoms with Gasteiger partial charge in [-0.1, -0.05) is 0 Å². The van der Waals surface area contributed by atoms with Crippen molar-refractivity contribution in [2.45, 2.75) is 39.9 Å². The van der Waals surface area contributed by atoms with Crippen LogP contribution in [0, 0.1) is 13.8 Å². The Labute approximate surface area is 112 Å². The minimum Gasteiger partial charge on any atom is -0.427 e. The van der Waals surface area contributed by atoms with Crippen LogP contribution >= 0.6 is 0 Å². The molecular weight excluding hydrogens is 246 g/mol. The van der Waals surface area contributed by atoms with Crippen molar-refractivity contribution < 1.29 is 13.9 Å². The van der Waals surface area contributed by atoms with Crippen LogP contribution in [0.4, 0.5) is 0 Å². The summed E-state index contributed by atoms with van der Waals surface area (Å²) in [6.45, 7) is 8.41. The van der Waals surface area contributed by atoms with Crippen LogP contribution in [-0.2, 0) is 4.74 Å². The molecule has 1 aromatic rings. The molecule has 0 unspecified atom stereocenters. The first-order valence-corrected chi connectivity index (χ1v) is 6.44. The van der Waals surface area contributed by atoms with E-state index in [9.17, 15) is 9.59 Å². The summed E-state index contributed by atoms with van der Waals surface area (Å²) in [5.74, 6) is 0.280. The number of carbonyl (C=O) groups is 1. The Kier molecular flexibility index (Phi) is 3.75. The summed E-state index contributed by atoms with van der Waals surface area (Å²) in [6.07, 6.45) is 0.0352. The largest absolute Gasteiger partial charge is 0.427 e. The molecule has 1 fully saturated rings. The third kappa shape index (κ3) is 2.87. The van der Waals surface area contributed by atoms with E-state index in [1.54, 1.807) is 18.7 Å². The lowest BCUT2D eigenvalue weighted by molar-refractivity contribution is -0.0587. The highest BCUT2D eigenvalue weighted by Crippen LogP contribution is 2.18. The molecule has 2 heterocycles. The molecule has 2 rings (SSSR count). The van der Waals surface area contributed by atoms with Gasteiger partial charge in [0.2, 0.25) is 0 Å². The molecule has 1 amide bonds. The van der Waals surface area contributed by atoms with E-state index in [0.717, 1.165) is 0 Å². The lowest BCUT2D eigenvalue weighted by atomic mass is 10.1. The Hall–Kier alpha value is -1.62. The van der Waals surface area contributed by atoms with Crippen molar-refractivity contribution in [1.29, 1.82) is 0 Å². The lowest BCUT2D eigenvalue weighted by Crippen LogP contribution is -2.48. The van der Waals surface area contributed by atoms with Crippen LogP contribution in [0.25, 0.3) is 0 Å². The van der Waals surface area contributed by atoms with Gasteiger partial charge >= 0.3 is 5.63 Å². The summed E-state index contributed by atoms with van der Waals surface area (Å²) in [5.41, 5.74) is 0.724. The number of aryl methyl sites for hydroxylation is 2. The molecule has 1 aliphatic heterocycles. The van der Waals surface area contributed by atoms with Crippen LogP contribution in [0.15, 0.2) is 15.3 Å². The van der Waals surface area contributed by atoms with Crippen molar-refractivity contribution in [2.24, 2.45) is 0 Å². The quantitative estimate of drug-likeness (QED) is 0.772. The van der Waals surface area contributed by atoms with Crippen LogP contribution in [0.3, 0.4) is 0 Å². The summed E-state index contributed by atoms with van der Waals surface area (Å²) in [5, 5.41) is 0. The second kappa shape index (κ2) is 5.17. The first-order valence-electron chi connectivity index (χ1n) is 6.44. The summed E-state index contributed by atoms with van der Waals surface area (Å²) >= 11 is 0. The SMILES string of the molecule is Cc1cc(=O)oc(C)c1C(=O)N1C[C@@H](C)O[C@@H](C)C1. The Morgan fingerprint density at radius 1 is 1.26 bits per heavy atom. The van der Waals surface area contributed by atoms with E-state index in [1.165, 1.54) is 6.07 Å². The molecule has 1 aromatic heterocycles. The molecule has 0 aliphatic carbocycles. The van der Waals surface area contributed by atoms with E-state index >= 15 is 0 Å². The molecule has 19 heavy (non-hydrogen) atoms. The average molecular weight is 265 g/mol. The maximum atomic E-state index is 12.6. The minimum absolute atomic E-state index is 0.0176. The first kappa shape index (κ1) is 13.8. The highest BCUT2D eigenvalue weighted by atomic mass is 16.5. The number of hydrogen-bond donors (Lipinski definition) is 0. The Balaban J connectivity index is 2.32. The van der Waals surface area contributed by atoms with Crippen molar-refractivity contribution in [1.82, 2.24) is 4.90 Å². The normalized spacial score (nSPS) is 23.5.